The smallest absolute Gasteiger partial charge is 0.385 e. The average molecular weight is 390 g/mol. The largest absolute Gasteiger partial charge is 0.416 e. The Kier molecular flexibility index (Phi) is 3.65. The van der Waals surface area contributed by atoms with E-state index >= 15 is 0 Å². The number of carbonyl (C=O) groups is 1. The first kappa shape index (κ1) is 16.5. The number of benzene rings is 1. The number of rotatable bonds is 2. The standard InChI is InChI=1S/C16H15BrF3NO2/c1-2-9-6-14(7-15(9,23)8-14)13(22)21-12-4-10(16(18,19)20)3-11(17)5-12/h2-5,23H,6-8H2,1H3,(H,21,22)/b9-2+. The summed E-state index contributed by atoms with van der Waals surface area (Å²) in [6.07, 6.45) is -1.57. The summed E-state index contributed by atoms with van der Waals surface area (Å²) in [5, 5.41) is 12.9. The number of anilines is 1. The highest BCUT2D eigenvalue weighted by molar-refractivity contribution is 9.10. The van der Waals surface area contributed by atoms with Crippen molar-refractivity contribution in [1.29, 1.82) is 0 Å². The molecule has 1 aromatic rings. The van der Waals surface area contributed by atoms with Gasteiger partial charge in [-0.1, -0.05) is 22.0 Å². The molecule has 23 heavy (non-hydrogen) atoms. The topological polar surface area (TPSA) is 49.3 Å². The highest BCUT2D eigenvalue weighted by Crippen LogP contribution is 2.64. The van der Waals surface area contributed by atoms with Gasteiger partial charge in [-0.05, 0) is 50.0 Å². The normalized spacial score (nSPS) is 31.1. The van der Waals surface area contributed by atoms with Gasteiger partial charge in [0.1, 0.15) is 0 Å². The van der Waals surface area contributed by atoms with Crippen LogP contribution in [0.2, 0.25) is 0 Å². The maximum atomic E-state index is 12.8. The van der Waals surface area contributed by atoms with E-state index in [0.29, 0.717) is 19.3 Å². The lowest BCUT2D eigenvalue weighted by Gasteiger charge is -2.42. The van der Waals surface area contributed by atoms with E-state index in [1.807, 2.05) is 13.0 Å². The van der Waals surface area contributed by atoms with Crippen molar-refractivity contribution in [3.8, 4) is 0 Å². The van der Waals surface area contributed by atoms with Gasteiger partial charge in [0.25, 0.3) is 0 Å². The van der Waals surface area contributed by atoms with E-state index in [-0.39, 0.29) is 16.1 Å². The Morgan fingerprint density at radius 3 is 2.52 bits per heavy atom. The van der Waals surface area contributed by atoms with Gasteiger partial charge in [0.2, 0.25) is 5.91 Å². The predicted octanol–water partition coefficient (Wildman–Crippen LogP) is 4.27. The van der Waals surface area contributed by atoms with Gasteiger partial charge in [-0.2, -0.15) is 13.2 Å². The van der Waals surface area contributed by atoms with E-state index in [1.54, 1.807) is 0 Å². The average Bonchev–Trinajstić information content (AvgIpc) is 2.85. The number of amides is 1. The fraction of sp³-hybridized carbons (Fsp3) is 0.438. The Balaban J connectivity index is 1.81. The molecule has 0 aliphatic heterocycles. The number of hydrogen-bond donors (Lipinski definition) is 2. The third-order valence-corrected chi connectivity index (χ3v) is 5.16. The summed E-state index contributed by atoms with van der Waals surface area (Å²) < 4.78 is 38.8. The second kappa shape index (κ2) is 5.08. The molecule has 3 fully saturated rings. The molecule has 0 radical (unpaired) electrons. The van der Waals surface area contributed by atoms with Crippen LogP contribution in [0.25, 0.3) is 0 Å². The van der Waals surface area contributed by atoms with E-state index < -0.39 is 22.8 Å². The molecule has 3 aliphatic carbocycles. The second-order valence-electron chi connectivity index (χ2n) is 6.34. The minimum Gasteiger partial charge on any atom is -0.385 e. The minimum atomic E-state index is -4.48. The third kappa shape index (κ3) is 2.70. The first-order valence-corrected chi connectivity index (χ1v) is 7.95. The van der Waals surface area contributed by atoms with Crippen LogP contribution in [0.15, 0.2) is 34.3 Å². The van der Waals surface area contributed by atoms with Crippen LogP contribution in [0.4, 0.5) is 18.9 Å². The Morgan fingerprint density at radius 1 is 1.35 bits per heavy atom. The van der Waals surface area contributed by atoms with Crippen LogP contribution in [0.3, 0.4) is 0 Å². The fourth-order valence-electron chi connectivity index (χ4n) is 3.65. The van der Waals surface area contributed by atoms with Crippen molar-refractivity contribution in [1.82, 2.24) is 0 Å². The zero-order valence-corrected chi connectivity index (χ0v) is 13.9. The Bertz CT molecular complexity index is 706. The Morgan fingerprint density at radius 2 is 2.00 bits per heavy atom. The number of nitrogens with one attached hydrogen (secondary N) is 1. The molecule has 3 saturated carbocycles. The van der Waals surface area contributed by atoms with E-state index in [2.05, 4.69) is 21.2 Å². The van der Waals surface area contributed by atoms with Gasteiger partial charge in [-0.3, -0.25) is 4.79 Å². The summed E-state index contributed by atoms with van der Waals surface area (Å²) in [7, 11) is 0. The van der Waals surface area contributed by atoms with Gasteiger partial charge < -0.3 is 10.4 Å². The summed E-state index contributed by atoms with van der Waals surface area (Å²) in [4.78, 5) is 12.5. The molecule has 0 aromatic heterocycles. The molecule has 1 aromatic carbocycles. The number of carbonyl (C=O) groups excluding carboxylic acids is 1. The number of hydrogen-bond acceptors (Lipinski definition) is 2. The van der Waals surface area contributed by atoms with Crippen molar-refractivity contribution < 1.29 is 23.1 Å². The zero-order chi connectivity index (χ0) is 17.0. The third-order valence-electron chi connectivity index (χ3n) is 4.70. The highest BCUT2D eigenvalue weighted by atomic mass is 79.9. The van der Waals surface area contributed by atoms with Crippen LogP contribution < -0.4 is 5.32 Å². The molecule has 124 valence electrons. The lowest BCUT2D eigenvalue weighted by atomic mass is 9.66. The summed E-state index contributed by atoms with van der Waals surface area (Å²) in [5.41, 5.74) is -1.53. The number of fused-ring (bicyclic) bond motifs is 1. The molecule has 4 rings (SSSR count). The van der Waals surface area contributed by atoms with Crippen LogP contribution in [0.1, 0.15) is 31.7 Å². The molecule has 0 saturated heterocycles. The molecule has 0 heterocycles. The van der Waals surface area contributed by atoms with Crippen molar-refractivity contribution in [3.63, 3.8) is 0 Å². The summed E-state index contributed by atoms with van der Waals surface area (Å²) in [5.74, 6) is -0.342. The minimum absolute atomic E-state index is 0.0930. The molecule has 0 spiro atoms. The van der Waals surface area contributed by atoms with Crippen molar-refractivity contribution in [2.75, 3.05) is 5.32 Å². The van der Waals surface area contributed by atoms with E-state index in [1.165, 1.54) is 6.07 Å². The number of aliphatic hydroxyl groups is 1. The molecular weight excluding hydrogens is 375 g/mol. The van der Waals surface area contributed by atoms with Crippen molar-refractivity contribution in [2.45, 2.75) is 38.0 Å². The SMILES string of the molecule is C/C=C1\CC2(C(=O)Nc3cc(Br)cc(C(F)(F)F)c3)CC1(O)C2. The van der Waals surface area contributed by atoms with Gasteiger partial charge in [-0.15, -0.1) is 0 Å². The molecule has 2 N–H and O–H groups in total. The first-order valence-electron chi connectivity index (χ1n) is 7.15. The maximum absolute atomic E-state index is 12.8. The van der Waals surface area contributed by atoms with Gasteiger partial charge in [0, 0.05) is 10.2 Å². The molecule has 0 unspecified atom stereocenters. The Labute approximate surface area is 139 Å². The van der Waals surface area contributed by atoms with E-state index in [9.17, 15) is 23.1 Å². The van der Waals surface area contributed by atoms with E-state index in [0.717, 1.165) is 17.7 Å². The quantitative estimate of drug-likeness (QED) is 0.742. The molecular formula is C16H15BrF3NO2. The van der Waals surface area contributed by atoms with Crippen molar-refractivity contribution >= 4 is 27.5 Å². The number of allylic oxidation sites excluding steroid dienone is 1. The lowest BCUT2D eigenvalue weighted by molar-refractivity contribution is -0.139. The second-order valence-corrected chi connectivity index (χ2v) is 7.25. The van der Waals surface area contributed by atoms with Crippen molar-refractivity contribution in [3.05, 3.63) is 39.9 Å². The van der Waals surface area contributed by atoms with Crippen LogP contribution in [0.5, 0.6) is 0 Å². The number of alkyl halides is 3. The highest BCUT2D eigenvalue weighted by Gasteiger charge is 2.66. The summed E-state index contributed by atoms with van der Waals surface area (Å²) in [6, 6.07) is 3.30. The van der Waals surface area contributed by atoms with E-state index in [4.69, 9.17) is 0 Å². The van der Waals surface area contributed by atoms with Gasteiger partial charge in [0.15, 0.2) is 0 Å². The fourth-order valence-corrected chi connectivity index (χ4v) is 4.14. The van der Waals surface area contributed by atoms with Crippen molar-refractivity contribution in [2.24, 2.45) is 5.41 Å². The van der Waals surface area contributed by atoms with Gasteiger partial charge >= 0.3 is 6.18 Å². The molecule has 0 atom stereocenters. The predicted molar refractivity (Wildman–Crippen MR) is 82.8 cm³/mol. The van der Waals surface area contributed by atoms with Gasteiger partial charge in [0.05, 0.1) is 16.6 Å². The van der Waals surface area contributed by atoms with Crippen LogP contribution in [-0.4, -0.2) is 16.6 Å². The number of halogens is 4. The first-order chi connectivity index (χ1) is 10.6. The lowest BCUT2D eigenvalue weighted by Crippen LogP contribution is -2.49. The molecule has 3 nitrogen and oxygen atoms in total. The monoisotopic (exact) mass is 389 g/mol. The van der Waals surface area contributed by atoms with Crippen LogP contribution in [-0.2, 0) is 11.0 Å². The summed E-state index contributed by atoms with van der Waals surface area (Å²) in [6.45, 7) is 1.81. The molecule has 1 amide bonds. The van der Waals surface area contributed by atoms with Crippen LogP contribution in [0, 0.1) is 5.41 Å². The summed E-state index contributed by atoms with van der Waals surface area (Å²) >= 11 is 3.03. The Hall–Kier alpha value is -1.34. The van der Waals surface area contributed by atoms with Gasteiger partial charge in [-0.25, -0.2) is 0 Å². The molecule has 7 heteroatoms. The van der Waals surface area contributed by atoms with Crippen LogP contribution >= 0.6 is 15.9 Å². The zero-order valence-electron chi connectivity index (χ0n) is 12.3. The molecule has 2 bridgehead atoms. The molecule has 3 aliphatic rings. The maximum Gasteiger partial charge on any atom is 0.416 e.